The van der Waals surface area contributed by atoms with Gasteiger partial charge in [0.2, 0.25) is 0 Å². The smallest absolute Gasteiger partial charge is 0.323 e. The molecule has 0 fully saturated rings. The van der Waals surface area contributed by atoms with E-state index in [1.54, 1.807) is 0 Å². The topological polar surface area (TPSA) is 89.3 Å². The summed E-state index contributed by atoms with van der Waals surface area (Å²) < 4.78 is 0. The van der Waals surface area contributed by atoms with Crippen LogP contribution in [0.15, 0.2) is 0 Å². The number of carboxylic acid groups (broad SMARTS) is 1. The molecule has 4 nitrogen and oxygen atoms in total. The van der Waals surface area contributed by atoms with Crippen LogP contribution in [0, 0.1) is 0 Å². The lowest BCUT2D eigenvalue weighted by Gasteiger charge is -2.18. The van der Waals surface area contributed by atoms with Crippen molar-refractivity contribution in [2.24, 2.45) is 11.5 Å². The molecule has 0 aliphatic rings. The minimum Gasteiger partial charge on any atom is -0.480 e. The van der Waals surface area contributed by atoms with Gasteiger partial charge in [-0.2, -0.15) is 0 Å². The van der Waals surface area contributed by atoms with Crippen LogP contribution in [0.3, 0.4) is 0 Å². The molecular weight excluding hydrogens is 215 g/mol. The van der Waals surface area contributed by atoms with Crippen molar-refractivity contribution in [2.45, 2.75) is 31.7 Å². The van der Waals surface area contributed by atoms with E-state index in [0.29, 0.717) is 13.0 Å². The number of carbonyl (C=O) groups is 1. The predicted octanol–water partition coefficient (Wildman–Crippen LogP) is 0.761. The van der Waals surface area contributed by atoms with Crippen molar-refractivity contribution in [1.82, 2.24) is 0 Å². The van der Waals surface area contributed by atoms with Gasteiger partial charge in [0.25, 0.3) is 0 Å². The fourth-order valence-corrected chi connectivity index (χ4v) is 0.743. The molecule has 0 amide bonds. The Morgan fingerprint density at radius 2 is 1.85 bits per heavy atom. The highest BCUT2D eigenvalue weighted by Crippen LogP contribution is 2.09. The summed E-state index contributed by atoms with van der Waals surface area (Å²) in [5, 5.41) is 8.58. The molecule has 0 heterocycles. The molecule has 0 unspecified atom stereocenters. The zero-order valence-corrected chi connectivity index (χ0v) is 9.29. The van der Waals surface area contributed by atoms with Crippen molar-refractivity contribution in [1.29, 1.82) is 0 Å². The standard InChI is InChI=1S/C7H16N2O2.2ClH/c1-7(9,6(10)11)4-2-3-5-8;;/h2-5,8-9H2,1H3,(H,10,11);2*1H/t7-;;/m0../s1. The third-order valence-corrected chi connectivity index (χ3v) is 1.64. The predicted molar refractivity (Wildman–Crippen MR) is 57.6 cm³/mol. The highest BCUT2D eigenvalue weighted by Gasteiger charge is 2.26. The molecule has 0 aromatic rings. The van der Waals surface area contributed by atoms with E-state index in [4.69, 9.17) is 16.6 Å². The zero-order chi connectivity index (χ0) is 8.91. The van der Waals surface area contributed by atoms with Gasteiger partial charge in [-0.1, -0.05) is 0 Å². The Bertz CT molecular complexity index is 142. The van der Waals surface area contributed by atoms with E-state index in [-0.39, 0.29) is 24.8 Å². The Kier molecular flexibility index (Phi) is 12.3. The van der Waals surface area contributed by atoms with Gasteiger partial charge < -0.3 is 16.6 Å². The zero-order valence-electron chi connectivity index (χ0n) is 7.66. The van der Waals surface area contributed by atoms with Gasteiger partial charge in [-0.3, -0.25) is 4.79 Å². The number of unbranched alkanes of at least 4 members (excludes halogenated alkanes) is 1. The van der Waals surface area contributed by atoms with Gasteiger partial charge in [0, 0.05) is 0 Å². The van der Waals surface area contributed by atoms with Crippen molar-refractivity contribution >= 4 is 30.8 Å². The van der Waals surface area contributed by atoms with Crippen molar-refractivity contribution in [3.05, 3.63) is 0 Å². The largest absolute Gasteiger partial charge is 0.480 e. The van der Waals surface area contributed by atoms with Crippen LogP contribution in [-0.4, -0.2) is 23.2 Å². The summed E-state index contributed by atoms with van der Waals surface area (Å²) in [6.07, 6.45) is 2.09. The fourth-order valence-electron chi connectivity index (χ4n) is 0.743. The van der Waals surface area contributed by atoms with E-state index >= 15 is 0 Å². The highest BCUT2D eigenvalue weighted by atomic mass is 35.5. The Morgan fingerprint density at radius 1 is 1.38 bits per heavy atom. The molecule has 0 spiro atoms. The van der Waals surface area contributed by atoms with Gasteiger partial charge >= 0.3 is 5.97 Å². The van der Waals surface area contributed by atoms with Gasteiger partial charge in [0.05, 0.1) is 0 Å². The van der Waals surface area contributed by atoms with Gasteiger partial charge in [-0.15, -0.1) is 24.8 Å². The van der Waals surface area contributed by atoms with Crippen LogP contribution < -0.4 is 11.5 Å². The molecule has 0 aliphatic carbocycles. The third-order valence-electron chi connectivity index (χ3n) is 1.64. The number of hydrogen-bond donors (Lipinski definition) is 3. The summed E-state index contributed by atoms with van der Waals surface area (Å²) in [6.45, 7) is 2.11. The first kappa shape index (κ1) is 18.7. The lowest BCUT2D eigenvalue weighted by atomic mass is 9.96. The van der Waals surface area contributed by atoms with Crippen LogP contribution in [0.5, 0.6) is 0 Å². The molecule has 0 aromatic heterocycles. The lowest BCUT2D eigenvalue weighted by molar-refractivity contribution is -0.142. The van der Waals surface area contributed by atoms with Gasteiger partial charge in [-0.05, 0) is 32.7 Å². The first-order chi connectivity index (χ1) is 5.00. The van der Waals surface area contributed by atoms with Crippen LogP contribution in [0.1, 0.15) is 26.2 Å². The molecule has 0 rings (SSSR count). The average molecular weight is 233 g/mol. The van der Waals surface area contributed by atoms with Gasteiger partial charge in [0.15, 0.2) is 0 Å². The maximum absolute atomic E-state index is 10.5. The number of rotatable bonds is 5. The minimum atomic E-state index is -1.09. The first-order valence-electron chi connectivity index (χ1n) is 3.73. The van der Waals surface area contributed by atoms with E-state index in [9.17, 15) is 4.79 Å². The number of hydrogen-bond acceptors (Lipinski definition) is 3. The van der Waals surface area contributed by atoms with Crippen LogP contribution in [0.25, 0.3) is 0 Å². The Morgan fingerprint density at radius 3 is 2.15 bits per heavy atom. The minimum absolute atomic E-state index is 0. The maximum atomic E-state index is 10.5. The van der Waals surface area contributed by atoms with E-state index in [1.165, 1.54) is 6.92 Å². The van der Waals surface area contributed by atoms with E-state index in [0.717, 1.165) is 12.8 Å². The molecule has 5 N–H and O–H groups in total. The van der Waals surface area contributed by atoms with Crippen molar-refractivity contribution < 1.29 is 9.90 Å². The number of nitrogens with two attached hydrogens (primary N) is 2. The van der Waals surface area contributed by atoms with Crippen LogP contribution in [-0.2, 0) is 4.79 Å². The van der Waals surface area contributed by atoms with E-state index in [1.807, 2.05) is 0 Å². The summed E-state index contributed by atoms with van der Waals surface area (Å²) in [7, 11) is 0. The average Bonchev–Trinajstić information content (AvgIpc) is 1.88. The number of halogens is 2. The summed E-state index contributed by atoms with van der Waals surface area (Å²) in [4.78, 5) is 10.5. The summed E-state index contributed by atoms with van der Waals surface area (Å²) in [5.41, 5.74) is 9.62. The second kappa shape index (κ2) is 8.56. The molecule has 6 heteroatoms. The molecule has 0 bridgehead atoms. The first-order valence-corrected chi connectivity index (χ1v) is 3.73. The van der Waals surface area contributed by atoms with Gasteiger partial charge in [-0.25, -0.2) is 0 Å². The molecule has 0 aliphatic heterocycles. The van der Waals surface area contributed by atoms with Crippen molar-refractivity contribution in [3.8, 4) is 0 Å². The Hall–Kier alpha value is -0.0300. The summed E-state index contributed by atoms with van der Waals surface area (Å²) >= 11 is 0. The Balaban J connectivity index is -0.000000500. The molecular formula is C7H18Cl2N2O2. The third kappa shape index (κ3) is 8.30. The maximum Gasteiger partial charge on any atom is 0.323 e. The number of carboxylic acids is 1. The van der Waals surface area contributed by atoms with Crippen LogP contribution in [0.4, 0.5) is 0 Å². The molecule has 0 radical (unpaired) electrons. The lowest BCUT2D eigenvalue weighted by Crippen LogP contribution is -2.44. The van der Waals surface area contributed by atoms with Crippen LogP contribution in [0.2, 0.25) is 0 Å². The quantitative estimate of drug-likeness (QED) is 0.611. The second-order valence-corrected chi connectivity index (χ2v) is 2.97. The molecule has 1 atom stereocenters. The normalized spacial score (nSPS) is 13.5. The van der Waals surface area contributed by atoms with E-state index in [2.05, 4.69) is 0 Å². The monoisotopic (exact) mass is 232 g/mol. The number of aliphatic carboxylic acids is 1. The van der Waals surface area contributed by atoms with E-state index < -0.39 is 11.5 Å². The summed E-state index contributed by atoms with van der Waals surface area (Å²) in [5.74, 6) is -0.950. The summed E-state index contributed by atoms with van der Waals surface area (Å²) in [6, 6.07) is 0. The van der Waals surface area contributed by atoms with Gasteiger partial charge in [0.1, 0.15) is 5.54 Å². The molecule has 0 aromatic carbocycles. The SMILES string of the molecule is C[C@](N)(CCCCN)C(=O)O.Cl.Cl. The molecule has 0 saturated heterocycles. The second-order valence-electron chi connectivity index (χ2n) is 2.97. The Labute approximate surface area is 90.9 Å². The molecule has 82 valence electrons. The van der Waals surface area contributed by atoms with Crippen molar-refractivity contribution in [2.75, 3.05) is 6.54 Å². The fraction of sp³-hybridized carbons (Fsp3) is 0.857. The molecule has 13 heavy (non-hydrogen) atoms. The molecule has 0 saturated carbocycles. The van der Waals surface area contributed by atoms with Crippen molar-refractivity contribution in [3.63, 3.8) is 0 Å². The van der Waals surface area contributed by atoms with Crippen LogP contribution >= 0.6 is 24.8 Å². The highest BCUT2D eigenvalue weighted by molar-refractivity contribution is 5.85.